The van der Waals surface area contributed by atoms with Gasteiger partial charge in [0.1, 0.15) is 5.69 Å². The van der Waals surface area contributed by atoms with Gasteiger partial charge in [-0.3, -0.25) is 4.79 Å². The normalized spacial score (nSPS) is 12.9. The van der Waals surface area contributed by atoms with Crippen molar-refractivity contribution < 1.29 is 4.79 Å². The Morgan fingerprint density at radius 1 is 1.37 bits per heavy atom. The first kappa shape index (κ1) is 15.5. The molecule has 4 nitrogen and oxygen atoms in total. The first-order valence-corrected chi connectivity index (χ1v) is 6.82. The fourth-order valence-electron chi connectivity index (χ4n) is 1.48. The molecule has 1 heterocycles. The van der Waals surface area contributed by atoms with Gasteiger partial charge in [0.05, 0.1) is 11.9 Å². The lowest BCUT2D eigenvalue weighted by Crippen LogP contribution is -2.34. The number of hydrogen-bond acceptors (Lipinski definition) is 3. The van der Waals surface area contributed by atoms with Crippen LogP contribution in [0.1, 0.15) is 45.1 Å². The zero-order valence-electron chi connectivity index (χ0n) is 12.6. The van der Waals surface area contributed by atoms with Crippen LogP contribution in [0.2, 0.25) is 0 Å². The van der Waals surface area contributed by atoms with Crippen LogP contribution in [0.4, 0.5) is 5.69 Å². The standard InChI is InChI=1S/C15H25N3O/c1-6-16-12-7-8-13(17-10-12)14(19)18-9-11(2)15(3,4)5/h7-8,10-11,16H,6,9H2,1-5H3,(H,18,19). The van der Waals surface area contributed by atoms with Gasteiger partial charge in [0.15, 0.2) is 0 Å². The predicted molar refractivity (Wildman–Crippen MR) is 79.4 cm³/mol. The van der Waals surface area contributed by atoms with Gasteiger partial charge < -0.3 is 10.6 Å². The molecule has 1 unspecified atom stereocenters. The van der Waals surface area contributed by atoms with Crippen LogP contribution in [0.25, 0.3) is 0 Å². The molecule has 0 aliphatic heterocycles. The van der Waals surface area contributed by atoms with Crippen molar-refractivity contribution in [2.45, 2.75) is 34.6 Å². The van der Waals surface area contributed by atoms with Crippen molar-refractivity contribution in [1.29, 1.82) is 0 Å². The molecule has 0 fully saturated rings. The topological polar surface area (TPSA) is 54.0 Å². The average molecular weight is 263 g/mol. The minimum atomic E-state index is -0.112. The summed E-state index contributed by atoms with van der Waals surface area (Å²) in [5.41, 5.74) is 1.58. The second-order valence-corrected chi connectivity index (χ2v) is 5.94. The van der Waals surface area contributed by atoms with Crippen molar-refractivity contribution in [3.8, 4) is 0 Å². The molecule has 0 bridgehead atoms. The van der Waals surface area contributed by atoms with E-state index in [9.17, 15) is 4.79 Å². The summed E-state index contributed by atoms with van der Waals surface area (Å²) in [6.45, 7) is 12.2. The number of carbonyl (C=O) groups excluding carboxylic acids is 1. The molecule has 106 valence electrons. The molecule has 0 aromatic carbocycles. The Hall–Kier alpha value is -1.58. The highest BCUT2D eigenvalue weighted by Crippen LogP contribution is 2.24. The quantitative estimate of drug-likeness (QED) is 0.858. The third kappa shape index (κ3) is 4.89. The minimum Gasteiger partial charge on any atom is -0.384 e. The first-order valence-electron chi connectivity index (χ1n) is 6.82. The van der Waals surface area contributed by atoms with E-state index in [0.29, 0.717) is 18.2 Å². The van der Waals surface area contributed by atoms with Gasteiger partial charge in [0, 0.05) is 13.1 Å². The molecule has 0 aliphatic rings. The van der Waals surface area contributed by atoms with Crippen LogP contribution in [-0.4, -0.2) is 24.0 Å². The Morgan fingerprint density at radius 3 is 2.53 bits per heavy atom. The average Bonchev–Trinajstić information content (AvgIpc) is 2.35. The lowest BCUT2D eigenvalue weighted by molar-refractivity contribution is 0.0932. The number of anilines is 1. The van der Waals surface area contributed by atoms with Gasteiger partial charge in [-0.25, -0.2) is 4.98 Å². The predicted octanol–water partition coefficient (Wildman–Crippen LogP) is 2.93. The summed E-state index contributed by atoms with van der Waals surface area (Å²) in [7, 11) is 0. The molecular weight excluding hydrogens is 238 g/mol. The summed E-state index contributed by atoms with van der Waals surface area (Å²) >= 11 is 0. The highest BCUT2D eigenvalue weighted by atomic mass is 16.1. The van der Waals surface area contributed by atoms with Gasteiger partial charge in [0.2, 0.25) is 0 Å². The van der Waals surface area contributed by atoms with Crippen LogP contribution in [0, 0.1) is 11.3 Å². The zero-order valence-corrected chi connectivity index (χ0v) is 12.6. The van der Waals surface area contributed by atoms with Gasteiger partial charge in [-0.2, -0.15) is 0 Å². The first-order chi connectivity index (χ1) is 8.84. The van der Waals surface area contributed by atoms with Gasteiger partial charge in [-0.1, -0.05) is 27.7 Å². The van der Waals surface area contributed by atoms with E-state index in [4.69, 9.17) is 0 Å². The minimum absolute atomic E-state index is 0.112. The maximum atomic E-state index is 12.0. The molecule has 0 radical (unpaired) electrons. The number of nitrogens with one attached hydrogen (secondary N) is 2. The number of amides is 1. The number of pyridine rings is 1. The Labute approximate surface area is 116 Å². The van der Waals surface area contributed by atoms with Crippen molar-refractivity contribution in [2.75, 3.05) is 18.4 Å². The highest BCUT2D eigenvalue weighted by molar-refractivity contribution is 5.92. The van der Waals surface area contributed by atoms with Crippen LogP contribution in [0.5, 0.6) is 0 Å². The molecule has 1 amide bonds. The van der Waals surface area contributed by atoms with Crippen molar-refractivity contribution in [1.82, 2.24) is 10.3 Å². The lowest BCUT2D eigenvalue weighted by atomic mass is 9.82. The van der Waals surface area contributed by atoms with E-state index >= 15 is 0 Å². The molecular formula is C15H25N3O. The Balaban J connectivity index is 2.54. The summed E-state index contributed by atoms with van der Waals surface area (Å²) in [5, 5.41) is 6.08. The molecule has 1 aromatic heterocycles. The molecule has 1 rings (SSSR count). The second-order valence-electron chi connectivity index (χ2n) is 5.94. The van der Waals surface area contributed by atoms with E-state index in [0.717, 1.165) is 12.2 Å². The van der Waals surface area contributed by atoms with E-state index in [1.807, 2.05) is 13.0 Å². The molecule has 0 aliphatic carbocycles. The Bertz CT molecular complexity index is 406. The van der Waals surface area contributed by atoms with Gasteiger partial charge in [-0.15, -0.1) is 0 Å². The van der Waals surface area contributed by atoms with Crippen molar-refractivity contribution in [3.05, 3.63) is 24.0 Å². The van der Waals surface area contributed by atoms with Crippen LogP contribution in [-0.2, 0) is 0 Å². The summed E-state index contributed by atoms with van der Waals surface area (Å²) in [6.07, 6.45) is 1.69. The number of hydrogen-bond donors (Lipinski definition) is 2. The van der Waals surface area contributed by atoms with Gasteiger partial charge in [0.25, 0.3) is 5.91 Å². The second kappa shape index (κ2) is 6.55. The largest absolute Gasteiger partial charge is 0.384 e. The van der Waals surface area contributed by atoms with E-state index in [1.165, 1.54) is 0 Å². The monoisotopic (exact) mass is 263 g/mol. The molecule has 0 spiro atoms. The number of nitrogens with zero attached hydrogens (tertiary/aromatic N) is 1. The molecule has 1 atom stereocenters. The molecule has 1 aromatic rings. The van der Waals surface area contributed by atoms with Crippen LogP contribution in [0.15, 0.2) is 18.3 Å². The van der Waals surface area contributed by atoms with Crippen molar-refractivity contribution in [3.63, 3.8) is 0 Å². The molecule has 0 saturated heterocycles. The van der Waals surface area contributed by atoms with Crippen molar-refractivity contribution >= 4 is 11.6 Å². The zero-order chi connectivity index (χ0) is 14.5. The fraction of sp³-hybridized carbons (Fsp3) is 0.600. The van der Waals surface area contributed by atoms with E-state index in [-0.39, 0.29) is 11.3 Å². The third-order valence-corrected chi connectivity index (χ3v) is 3.42. The third-order valence-electron chi connectivity index (χ3n) is 3.42. The Kier molecular flexibility index (Phi) is 5.33. The lowest BCUT2D eigenvalue weighted by Gasteiger charge is -2.27. The maximum Gasteiger partial charge on any atom is 0.269 e. The molecule has 2 N–H and O–H groups in total. The fourth-order valence-corrected chi connectivity index (χ4v) is 1.48. The van der Waals surface area contributed by atoms with E-state index in [2.05, 4.69) is 43.3 Å². The smallest absolute Gasteiger partial charge is 0.269 e. The maximum absolute atomic E-state index is 12.0. The SMILES string of the molecule is CCNc1ccc(C(=O)NCC(C)C(C)(C)C)nc1. The number of aromatic nitrogens is 1. The summed E-state index contributed by atoms with van der Waals surface area (Å²) in [5.74, 6) is 0.302. The van der Waals surface area contributed by atoms with Gasteiger partial charge >= 0.3 is 0 Å². The van der Waals surface area contributed by atoms with Crippen LogP contribution in [0.3, 0.4) is 0 Å². The van der Waals surface area contributed by atoms with Crippen LogP contribution >= 0.6 is 0 Å². The van der Waals surface area contributed by atoms with E-state index in [1.54, 1.807) is 12.3 Å². The Morgan fingerprint density at radius 2 is 2.05 bits per heavy atom. The van der Waals surface area contributed by atoms with E-state index < -0.39 is 0 Å². The summed E-state index contributed by atoms with van der Waals surface area (Å²) < 4.78 is 0. The van der Waals surface area contributed by atoms with Crippen molar-refractivity contribution in [2.24, 2.45) is 11.3 Å². The molecule has 4 heteroatoms. The summed E-state index contributed by atoms with van der Waals surface area (Å²) in [4.78, 5) is 16.1. The van der Waals surface area contributed by atoms with Gasteiger partial charge in [-0.05, 0) is 30.4 Å². The highest BCUT2D eigenvalue weighted by Gasteiger charge is 2.20. The molecule has 19 heavy (non-hydrogen) atoms. The number of rotatable bonds is 5. The summed E-state index contributed by atoms with van der Waals surface area (Å²) in [6, 6.07) is 3.62. The molecule has 0 saturated carbocycles. The number of carbonyl (C=O) groups is 1. The van der Waals surface area contributed by atoms with Crippen LogP contribution < -0.4 is 10.6 Å².